The van der Waals surface area contributed by atoms with E-state index in [9.17, 15) is 9.59 Å². The Hall–Kier alpha value is -3.13. The first kappa shape index (κ1) is 15.3. The Morgan fingerprint density at radius 3 is 2.45 bits per heavy atom. The first-order chi connectivity index (χ1) is 10.7. The van der Waals surface area contributed by atoms with E-state index < -0.39 is 11.9 Å². The monoisotopic (exact) mass is 294 g/mol. The lowest BCUT2D eigenvalue weighted by Crippen LogP contribution is -2.15. The molecule has 2 aromatic carbocycles. The Kier molecular flexibility index (Phi) is 5.27. The van der Waals surface area contributed by atoms with Crippen LogP contribution in [0, 0.1) is 11.3 Å². The highest BCUT2D eigenvalue weighted by Gasteiger charge is 2.14. The molecule has 1 amide bonds. The van der Waals surface area contributed by atoms with Crippen LogP contribution in [0.1, 0.15) is 22.3 Å². The molecule has 1 N–H and O–H groups in total. The number of hydrogen-bond acceptors (Lipinski definition) is 4. The van der Waals surface area contributed by atoms with Crippen LogP contribution < -0.4 is 5.32 Å². The van der Waals surface area contributed by atoms with E-state index in [4.69, 9.17) is 10.00 Å². The number of carbonyl (C=O) groups excluding carboxylic acids is 2. The molecule has 5 heteroatoms. The molecule has 0 unspecified atom stereocenters. The molecule has 0 aliphatic heterocycles. The van der Waals surface area contributed by atoms with Crippen molar-refractivity contribution in [2.24, 2.45) is 0 Å². The molecule has 110 valence electrons. The maximum absolute atomic E-state index is 12.1. The largest absolute Gasteiger partial charge is 0.457 e. The lowest BCUT2D eigenvalue weighted by molar-refractivity contribution is -0.115. The molecule has 0 saturated carbocycles. The molecular formula is C17H14N2O3. The van der Waals surface area contributed by atoms with Crippen LogP contribution in [0.15, 0.2) is 54.6 Å². The molecule has 0 fully saturated rings. The number of carbonyl (C=O) groups is 2. The Morgan fingerprint density at radius 1 is 1.05 bits per heavy atom. The van der Waals surface area contributed by atoms with Crippen LogP contribution in [0.2, 0.25) is 0 Å². The second-order valence-corrected chi connectivity index (χ2v) is 4.49. The highest BCUT2D eigenvalue weighted by atomic mass is 16.5. The number of amides is 1. The minimum atomic E-state index is -0.531. The number of rotatable bonds is 5. The second-order valence-electron chi connectivity index (χ2n) is 4.49. The van der Waals surface area contributed by atoms with Crippen molar-refractivity contribution in [2.75, 3.05) is 5.32 Å². The molecule has 0 saturated heterocycles. The van der Waals surface area contributed by atoms with Crippen LogP contribution in [0.25, 0.3) is 0 Å². The van der Waals surface area contributed by atoms with Gasteiger partial charge < -0.3 is 10.1 Å². The number of nitrogens with zero attached hydrogens (tertiary/aromatic N) is 1. The van der Waals surface area contributed by atoms with Crippen LogP contribution in [-0.2, 0) is 16.1 Å². The number of ether oxygens (including phenoxy) is 1. The SMILES string of the molecule is N#CCC(=O)Nc1ccccc1C(=O)OCc1ccccc1. The zero-order chi connectivity index (χ0) is 15.8. The van der Waals surface area contributed by atoms with E-state index >= 15 is 0 Å². The summed E-state index contributed by atoms with van der Waals surface area (Å²) < 4.78 is 5.24. The summed E-state index contributed by atoms with van der Waals surface area (Å²) in [6.45, 7) is 0.153. The lowest BCUT2D eigenvalue weighted by Gasteiger charge is -2.10. The van der Waals surface area contributed by atoms with Gasteiger partial charge in [0.2, 0.25) is 5.91 Å². The quantitative estimate of drug-likeness (QED) is 0.860. The summed E-state index contributed by atoms with van der Waals surface area (Å²) in [5, 5.41) is 11.0. The summed E-state index contributed by atoms with van der Waals surface area (Å²) >= 11 is 0. The highest BCUT2D eigenvalue weighted by Crippen LogP contribution is 2.17. The summed E-state index contributed by atoms with van der Waals surface area (Å²) in [4.78, 5) is 23.6. The van der Waals surface area contributed by atoms with Gasteiger partial charge in [-0.1, -0.05) is 42.5 Å². The molecule has 2 aromatic rings. The van der Waals surface area contributed by atoms with Crippen molar-refractivity contribution in [3.8, 4) is 6.07 Å². The fourth-order valence-electron chi connectivity index (χ4n) is 1.84. The van der Waals surface area contributed by atoms with Gasteiger partial charge in [0.05, 0.1) is 17.3 Å². The van der Waals surface area contributed by atoms with E-state index in [0.717, 1.165) is 5.56 Å². The van der Waals surface area contributed by atoms with E-state index in [1.54, 1.807) is 30.3 Å². The Bertz CT molecular complexity index is 705. The standard InChI is InChI=1S/C17H14N2O3/c18-11-10-16(20)19-15-9-5-4-8-14(15)17(21)22-12-13-6-2-1-3-7-13/h1-9H,10,12H2,(H,19,20). The Labute approximate surface area is 128 Å². The average Bonchev–Trinajstić information content (AvgIpc) is 2.54. The summed E-state index contributed by atoms with van der Waals surface area (Å²) in [6, 6.07) is 17.6. The van der Waals surface area contributed by atoms with Gasteiger partial charge in [0.25, 0.3) is 0 Å². The van der Waals surface area contributed by atoms with Crippen LogP contribution in [-0.4, -0.2) is 11.9 Å². The van der Waals surface area contributed by atoms with Gasteiger partial charge in [-0.05, 0) is 17.7 Å². The lowest BCUT2D eigenvalue weighted by atomic mass is 10.1. The maximum atomic E-state index is 12.1. The van der Waals surface area contributed by atoms with E-state index in [2.05, 4.69) is 5.32 Å². The van der Waals surface area contributed by atoms with Gasteiger partial charge in [0.1, 0.15) is 13.0 Å². The van der Waals surface area contributed by atoms with E-state index in [0.29, 0.717) is 5.69 Å². The molecular weight excluding hydrogens is 280 g/mol. The summed E-state index contributed by atoms with van der Waals surface area (Å²) in [7, 11) is 0. The van der Waals surface area contributed by atoms with Crippen LogP contribution in [0.5, 0.6) is 0 Å². The minimum absolute atomic E-state index is 0.153. The molecule has 2 rings (SSSR count). The average molecular weight is 294 g/mol. The first-order valence-electron chi connectivity index (χ1n) is 6.67. The van der Waals surface area contributed by atoms with Crippen molar-refractivity contribution >= 4 is 17.6 Å². The summed E-state index contributed by atoms with van der Waals surface area (Å²) in [5.41, 5.74) is 1.47. The van der Waals surface area contributed by atoms with Crippen molar-refractivity contribution < 1.29 is 14.3 Å². The van der Waals surface area contributed by atoms with E-state index in [1.807, 2.05) is 30.3 Å². The van der Waals surface area contributed by atoms with Crippen LogP contribution in [0.4, 0.5) is 5.69 Å². The van der Waals surface area contributed by atoms with Gasteiger partial charge in [-0.15, -0.1) is 0 Å². The van der Waals surface area contributed by atoms with Crippen molar-refractivity contribution in [3.63, 3.8) is 0 Å². The normalized spacial score (nSPS) is 9.59. The van der Waals surface area contributed by atoms with Crippen molar-refractivity contribution in [2.45, 2.75) is 13.0 Å². The third kappa shape index (κ3) is 4.18. The molecule has 0 atom stereocenters. The number of hydrogen-bond donors (Lipinski definition) is 1. The van der Waals surface area contributed by atoms with Crippen molar-refractivity contribution in [1.29, 1.82) is 5.26 Å². The van der Waals surface area contributed by atoms with Crippen molar-refractivity contribution in [3.05, 3.63) is 65.7 Å². The fourth-order valence-corrected chi connectivity index (χ4v) is 1.84. The topological polar surface area (TPSA) is 79.2 Å². The molecule has 0 bridgehead atoms. The van der Waals surface area contributed by atoms with Crippen molar-refractivity contribution in [1.82, 2.24) is 0 Å². The zero-order valence-electron chi connectivity index (χ0n) is 11.8. The predicted molar refractivity (Wildman–Crippen MR) is 80.9 cm³/mol. The second kappa shape index (κ2) is 7.60. The minimum Gasteiger partial charge on any atom is -0.457 e. The number of nitriles is 1. The Balaban J connectivity index is 2.06. The van der Waals surface area contributed by atoms with Gasteiger partial charge in [-0.25, -0.2) is 4.79 Å². The van der Waals surface area contributed by atoms with Gasteiger partial charge in [0.15, 0.2) is 0 Å². The molecule has 0 aromatic heterocycles. The smallest absolute Gasteiger partial charge is 0.340 e. The predicted octanol–water partition coefficient (Wildman–Crippen LogP) is 2.90. The number of para-hydroxylation sites is 1. The molecule has 0 aliphatic rings. The van der Waals surface area contributed by atoms with Gasteiger partial charge in [0, 0.05) is 0 Å². The molecule has 0 heterocycles. The Morgan fingerprint density at radius 2 is 1.73 bits per heavy atom. The van der Waals surface area contributed by atoms with Gasteiger partial charge >= 0.3 is 5.97 Å². The molecule has 0 radical (unpaired) electrons. The number of nitrogens with one attached hydrogen (secondary N) is 1. The summed E-state index contributed by atoms with van der Waals surface area (Å²) in [5.74, 6) is -0.998. The first-order valence-corrected chi connectivity index (χ1v) is 6.67. The highest BCUT2D eigenvalue weighted by molar-refractivity contribution is 6.01. The van der Waals surface area contributed by atoms with E-state index in [1.165, 1.54) is 0 Å². The van der Waals surface area contributed by atoms with Gasteiger partial charge in [-0.3, -0.25) is 4.79 Å². The van der Waals surface area contributed by atoms with Crippen LogP contribution >= 0.6 is 0 Å². The van der Waals surface area contributed by atoms with Crippen LogP contribution in [0.3, 0.4) is 0 Å². The molecule has 0 aliphatic carbocycles. The number of anilines is 1. The number of benzene rings is 2. The zero-order valence-corrected chi connectivity index (χ0v) is 11.8. The number of esters is 1. The molecule has 5 nitrogen and oxygen atoms in total. The molecule has 22 heavy (non-hydrogen) atoms. The van der Waals surface area contributed by atoms with Gasteiger partial charge in [-0.2, -0.15) is 5.26 Å². The molecule has 0 spiro atoms. The maximum Gasteiger partial charge on any atom is 0.340 e. The third-order valence-electron chi connectivity index (χ3n) is 2.87. The fraction of sp³-hybridized carbons (Fsp3) is 0.118. The van der Waals surface area contributed by atoms with E-state index in [-0.39, 0.29) is 18.6 Å². The summed E-state index contributed by atoms with van der Waals surface area (Å²) in [6.07, 6.45) is -0.270. The third-order valence-corrected chi connectivity index (χ3v) is 2.87.